The Bertz CT molecular complexity index is 643. The maximum absolute atomic E-state index is 11.7. The minimum Gasteiger partial charge on any atom is -0.461 e. The highest BCUT2D eigenvalue weighted by molar-refractivity contribution is 5.69. The second-order valence-electron chi connectivity index (χ2n) is 8.93. The zero-order chi connectivity index (χ0) is 23.2. The van der Waals surface area contributed by atoms with Gasteiger partial charge in [-0.3, -0.25) is 4.79 Å². The smallest absolute Gasteiger partial charge is 0.407 e. The van der Waals surface area contributed by atoms with Crippen LogP contribution in [0.3, 0.4) is 0 Å². The summed E-state index contributed by atoms with van der Waals surface area (Å²) in [5.74, 6) is -0.274. The predicted molar refractivity (Wildman–Crippen MR) is 119 cm³/mol. The number of likely N-dealkylation sites (N-methyl/N-ethyl adjacent to an activating group) is 1. The van der Waals surface area contributed by atoms with Crippen molar-refractivity contribution in [3.8, 4) is 0 Å². The number of hydrogen-bond acceptors (Lipinski definition) is 6. The van der Waals surface area contributed by atoms with Gasteiger partial charge in [0.25, 0.3) is 0 Å². The summed E-state index contributed by atoms with van der Waals surface area (Å²) >= 11 is 0. The Labute approximate surface area is 186 Å². The van der Waals surface area contributed by atoms with Crippen LogP contribution in [0, 0.1) is 0 Å². The van der Waals surface area contributed by atoms with E-state index >= 15 is 0 Å². The third kappa shape index (κ3) is 15.3. The summed E-state index contributed by atoms with van der Waals surface area (Å²) in [6.07, 6.45) is -0.175. The van der Waals surface area contributed by atoms with Crippen LogP contribution in [0.25, 0.3) is 0 Å². The lowest BCUT2D eigenvalue weighted by Gasteiger charge is -2.30. The first kappa shape index (κ1) is 26.9. The summed E-state index contributed by atoms with van der Waals surface area (Å²) < 4.78 is 22.2. The lowest BCUT2D eigenvalue weighted by atomic mass is 10.2. The Morgan fingerprint density at radius 1 is 0.935 bits per heavy atom. The van der Waals surface area contributed by atoms with E-state index < -0.39 is 11.7 Å². The number of nitrogens with zero attached hydrogens (tertiary/aromatic N) is 1. The average molecular weight is 440 g/mol. The lowest BCUT2D eigenvalue weighted by molar-refractivity contribution is -0.889. The highest BCUT2D eigenvalue weighted by Gasteiger charge is 2.18. The highest BCUT2D eigenvalue weighted by Crippen LogP contribution is 2.06. The Morgan fingerprint density at radius 3 is 2.23 bits per heavy atom. The Morgan fingerprint density at radius 2 is 1.58 bits per heavy atom. The van der Waals surface area contributed by atoms with Crippen LogP contribution in [0.5, 0.6) is 0 Å². The molecule has 1 rings (SSSR count). The second-order valence-corrected chi connectivity index (χ2v) is 8.93. The van der Waals surface area contributed by atoms with Gasteiger partial charge in [0.05, 0.1) is 60.0 Å². The molecule has 1 amide bonds. The van der Waals surface area contributed by atoms with Gasteiger partial charge in [0.2, 0.25) is 0 Å². The molecule has 1 N–H and O–H groups in total. The molecule has 1 aromatic carbocycles. The molecular formula is C23H39N2O6+. The van der Waals surface area contributed by atoms with Crippen molar-refractivity contribution in [3.05, 3.63) is 35.9 Å². The summed E-state index contributed by atoms with van der Waals surface area (Å²) in [5.41, 5.74) is 0.472. The number of carbonyl (C=O) groups excluding carboxylic acids is 2. The highest BCUT2D eigenvalue weighted by atomic mass is 16.6. The molecule has 8 heteroatoms. The number of quaternary nitrogens is 1. The van der Waals surface area contributed by atoms with Crippen LogP contribution in [-0.4, -0.2) is 82.3 Å². The fourth-order valence-corrected chi connectivity index (χ4v) is 2.49. The van der Waals surface area contributed by atoms with E-state index in [2.05, 4.69) is 19.4 Å². The molecule has 0 unspecified atom stereocenters. The number of nitrogens with one attached hydrogen (secondary N) is 1. The molecule has 0 aliphatic heterocycles. The number of esters is 1. The molecule has 0 aliphatic carbocycles. The maximum atomic E-state index is 11.7. The standard InChI is InChI=1S/C23H38N2O6/c1-23(2,3)31-22(27)24-12-13-25(4,5)14-16-29-18-17-28-15-11-21(26)30-19-20-9-7-6-8-10-20/h6-10H,11-19H2,1-5H3/p+1. The normalized spacial score (nSPS) is 11.8. The maximum Gasteiger partial charge on any atom is 0.407 e. The number of amides is 1. The predicted octanol–water partition coefficient (Wildman–Crippen LogP) is 2.75. The SMILES string of the molecule is CC(C)(C)OC(=O)NCC[N+](C)(C)CCOCCOCCC(=O)OCc1ccccc1. The van der Waals surface area contributed by atoms with Crippen molar-refractivity contribution in [3.63, 3.8) is 0 Å². The fourth-order valence-electron chi connectivity index (χ4n) is 2.49. The quantitative estimate of drug-likeness (QED) is 0.273. The van der Waals surface area contributed by atoms with Crippen LogP contribution in [0.1, 0.15) is 32.8 Å². The van der Waals surface area contributed by atoms with Crippen LogP contribution in [0.15, 0.2) is 30.3 Å². The lowest BCUT2D eigenvalue weighted by Crippen LogP contribution is -2.47. The van der Waals surface area contributed by atoms with E-state index in [0.717, 1.165) is 18.7 Å². The van der Waals surface area contributed by atoms with Crippen LogP contribution >= 0.6 is 0 Å². The summed E-state index contributed by atoms with van der Waals surface area (Å²) in [6.45, 7) is 9.70. The van der Waals surface area contributed by atoms with Crippen molar-refractivity contribution in [1.29, 1.82) is 0 Å². The molecule has 0 radical (unpaired) electrons. The van der Waals surface area contributed by atoms with Gasteiger partial charge in [0, 0.05) is 0 Å². The minimum absolute atomic E-state index is 0.224. The Balaban J connectivity index is 1.98. The monoisotopic (exact) mass is 439 g/mol. The van der Waals surface area contributed by atoms with Gasteiger partial charge in [-0.1, -0.05) is 30.3 Å². The van der Waals surface area contributed by atoms with Gasteiger partial charge in [-0.15, -0.1) is 0 Å². The largest absolute Gasteiger partial charge is 0.461 e. The molecular weight excluding hydrogens is 400 g/mol. The molecule has 0 aliphatic rings. The van der Waals surface area contributed by atoms with Crippen molar-refractivity contribution >= 4 is 12.1 Å². The molecule has 0 atom stereocenters. The summed E-state index contributed by atoms with van der Waals surface area (Å²) in [5, 5.41) is 2.77. The first-order valence-electron chi connectivity index (χ1n) is 10.7. The van der Waals surface area contributed by atoms with E-state index in [4.69, 9.17) is 18.9 Å². The van der Waals surface area contributed by atoms with E-state index in [1.165, 1.54) is 0 Å². The number of ether oxygens (including phenoxy) is 4. The molecule has 0 heterocycles. The van der Waals surface area contributed by atoms with E-state index in [-0.39, 0.29) is 19.0 Å². The molecule has 0 saturated heterocycles. The van der Waals surface area contributed by atoms with Crippen molar-refractivity contribution in [2.75, 3.05) is 60.2 Å². The fraction of sp³-hybridized carbons (Fsp3) is 0.652. The van der Waals surface area contributed by atoms with Crippen LogP contribution in [-0.2, 0) is 30.3 Å². The average Bonchev–Trinajstić information content (AvgIpc) is 2.67. The summed E-state index contributed by atoms with van der Waals surface area (Å²) in [7, 11) is 4.16. The Kier molecular flexibility index (Phi) is 12.1. The summed E-state index contributed by atoms with van der Waals surface area (Å²) in [6, 6.07) is 9.57. The third-order valence-corrected chi connectivity index (χ3v) is 4.29. The van der Waals surface area contributed by atoms with Crippen LogP contribution in [0.4, 0.5) is 4.79 Å². The number of rotatable bonds is 14. The number of hydrogen-bond donors (Lipinski definition) is 1. The topological polar surface area (TPSA) is 83.1 Å². The van der Waals surface area contributed by atoms with Crippen LogP contribution in [0.2, 0.25) is 0 Å². The molecule has 0 fully saturated rings. The molecule has 31 heavy (non-hydrogen) atoms. The van der Waals surface area contributed by atoms with E-state index in [0.29, 0.717) is 37.5 Å². The van der Waals surface area contributed by atoms with Crippen molar-refractivity contribution < 1.29 is 33.0 Å². The van der Waals surface area contributed by atoms with Gasteiger partial charge < -0.3 is 28.7 Å². The van der Waals surface area contributed by atoms with Gasteiger partial charge in [-0.2, -0.15) is 0 Å². The van der Waals surface area contributed by atoms with Gasteiger partial charge in [0.1, 0.15) is 18.8 Å². The molecule has 0 bridgehead atoms. The minimum atomic E-state index is -0.493. The van der Waals surface area contributed by atoms with Gasteiger partial charge in [0.15, 0.2) is 0 Å². The number of alkyl carbamates (subject to hydrolysis) is 1. The molecule has 0 saturated carbocycles. The number of carbonyl (C=O) groups is 2. The third-order valence-electron chi connectivity index (χ3n) is 4.29. The number of benzene rings is 1. The van der Waals surface area contributed by atoms with E-state index in [1.54, 1.807) is 0 Å². The molecule has 176 valence electrons. The van der Waals surface area contributed by atoms with Crippen molar-refractivity contribution in [1.82, 2.24) is 5.32 Å². The Hall–Kier alpha value is -2.16. The van der Waals surface area contributed by atoms with Crippen molar-refractivity contribution in [2.45, 2.75) is 39.4 Å². The first-order chi connectivity index (χ1) is 14.6. The second kappa shape index (κ2) is 14.0. The molecule has 8 nitrogen and oxygen atoms in total. The van der Waals surface area contributed by atoms with E-state index in [9.17, 15) is 9.59 Å². The van der Waals surface area contributed by atoms with E-state index in [1.807, 2.05) is 51.1 Å². The van der Waals surface area contributed by atoms with Gasteiger partial charge >= 0.3 is 12.1 Å². The van der Waals surface area contributed by atoms with Crippen LogP contribution < -0.4 is 5.32 Å². The molecule has 0 aromatic heterocycles. The van der Waals surface area contributed by atoms with Gasteiger partial charge in [-0.25, -0.2) is 4.79 Å². The summed E-state index contributed by atoms with van der Waals surface area (Å²) in [4.78, 5) is 23.4. The zero-order valence-corrected chi connectivity index (χ0v) is 19.6. The first-order valence-corrected chi connectivity index (χ1v) is 10.7. The zero-order valence-electron chi connectivity index (χ0n) is 19.6. The van der Waals surface area contributed by atoms with Crippen molar-refractivity contribution in [2.24, 2.45) is 0 Å². The molecule has 0 spiro atoms. The molecule has 1 aromatic rings. The van der Waals surface area contributed by atoms with Gasteiger partial charge in [-0.05, 0) is 26.3 Å².